The van der Waals surface area contributed by atoms with Crippen LogP contribution >= 0.6 is 0 Å². The van der Waals surface area contributed by atoms with E-state index in [1.54, 1.807) is 0 Å². The van der Waals surface area contributed by atoms with E-state index < -0.39 is 0 Å². The molecule has 0 unspecified atom stereocenters. The standard InChI is InChI=1S/C8H11.C4H10N.2CH3.H4Si.Ti/c1-8(2)6-4-3-5-7-8;1-4(2,3)5;;;;/h4-6H,7H2,1-2H3;5H,1-3H3;2*1H3;1H4;/q4*-1;;+4. The van der Waals surface area contributed by atoms with Crippen molar-refractivity contribution >= 4 is 11.0 Å². The summed E-state index contributed by atoms with van der Waals surface area (Å²) in [5.41, 5.74) is 7.07. The molecule has 0 amide bonds. The van der Waals surface area contributed by atoms with Crippen LogP contribution in [0, 0.1) is 26.3 Å². The van der Waals surface area contributed by atoms with E-state index in [0.717, 1.165) is 6.42 Å². The first-order chi connectivity index (χ1) is 5.71. The van der Waals surface area contributed by atoms with E-state index in [9.17, 15) is 0 Å². The molecule has 1 rings (SSSR count). The van der Waals surface area contributed by atoms with Crippen LogP contribution in [0.1, 0.15) is 41.0 Å². The Balaban J connectivity index is -0.0000000489. The Bertz CT molecular complexity index is 197. The van der Waals surface area contributed by atoms with Gasteiger partial charge < -0.3 is 20.6 Å². The molecular formula is C14H31NSiTi. The van der Waals surface area contributed by atoms with E-state index in [1.165, 1.54) is 0 Å². The third kappa shape index (κ3) is 31.4. The van der Waals surface area contributed by atoms with Crippen molar-refractivity contribution in [1.82, 2.24) is 0 Å². The zero-order chi connectivity index (χ0) is 10.5. The second-order valence-electron chi connectivity index (χ2n) is 5.15. The molecule has 17 heavy (non-hydrogen) atoms. The van der Waals surface area contributed by atoms with Crippen LogP contribution in [0.15, 0.2) is 18.2 Å². The molecule has 0 saturated carbocycles. The van der Waals surface area contributed by atoms with Crippen molar-refractivity contribution in [1.29, 1.82) is 0 Å². The van der Waals surface area contributed by atoms with Gasteiger partial charge in [-0.05, 0) is 11.0 Å². The van der Waals surface area contributed by atoms with E-state index in [0.29, 0.717) is 5.41 Å². The summed E-state index contributed by atoms with van der Waals surface area (Å²) >= 11 is 0. The summed E-state index contributed by atoms with van der Waals surface area (Å²) in [5.74, 6) is 0. The van der Waals surface area contributed by atoms with E-state index in [-0.39, 0.29) is 53.1 Å². The molecule has 0 radical (unpaired) electrons. The molecular weight excluding hydrogens is 258 g/mol. The third-order valence-corrected chi connectivity index (χ3v) is 1.38. The molecule has 1 aliphatic rings. The average Bonchev–Trinajstić information content (AvgIpc) is 1.82. The number of hydrogen-bond acceptors (Lipinski definition) is 0. The Kier molecular flexibility index (Phi) is 22.9. The van der Waals surface area contributed by atoms with Crippen LogP contribution in [-0.4, -0.2) is 16.5 Å². The summed E-state index contributed by atoms with van der Waals surface area (Å²) in [6.07, 6.45) is 10.4. The summed E-state index contributed by atoms with van der Waals surface area (Å²) in [6, 6.07) is 0. The Morgan fingerprint density at radius 1 is 1.18 bits per heavy atom. The maximum Gasteiger partial charge on any atom is 4.00 e. The normalized spacial score (nSPS) is 14.7. The van der Waals surface area contributed by atoms with Crippen molar-refractivity contribution in [2.45, 2.75) is 46.6 Å². The first-order valence-electron chi connectivity index (χ1n) is 4.71. The molecule has 0 bridgehead atoms. The van der Waals surface area contributed by atoms with Gasteiger partial charge in [0.15, 0.2) is 0 Å². The first kappa shape index (κ1) is 30.4. The molecule has 0 heterocycles. The van der Waals surface area contributed by atoms with Crippen molar-refractivity contribution in [2.24, 2.45) is 5.41 Å². The fourth-order valence-corrected chi connectivity index (χ4v) is 0.732. The van der Waals surface area contributed by atoms with Crippen molar-refractivity contribution in [2.75, 3.05) is 0 Å². The van der Waals surface area contributed by atoms with Gasteiger partial charge in [-0.2, -0.15) is 6.08 Å². The molecule has 0 aliphatic heterocycles. The van der Waals surface area contributed by atoms with Crippen molar-refractivity contribution < 1.29 is 21.7 Å². The zero-order valence-corrected chi connectivity index (χ0v) is 13.5. The topological polar surface area (TPSA) is 23.8 Å². The Morgan fingerprint density at radius 3 is 1.65 bits per heavy atom. The molecule has 0 fully saturated rings. The van der Waals surface area contributed by atoms with Crippen molar-refractivity contribution in [3.63, 3.8) is 0 Å². The van der Waals surface area contributed by atoms with Gasteiger partial charge in [-0.25, -0.2) is 12.2 Å². The Labute approximate surface area is 129 Å². The van der Waals surface area contributed by atoms with Crippen LogP contribution in [0.3, 0.4) is 0 Å². The van der Waals surface area contributed by atoms with Gasteiger partial charge in [0.25, 0.3) is 0 Å². The van der Waals surface area contributed by atoms with E-state index in [4.69, 9.17) is 5.73 Å². The number of rotatable bonds is 0. The predicted octanol–water partition coefficient (Wildman–Crippen LogP) is 3.62. The first-order valence-corrected chi connectivity index (χ1v) is 4.71. The molecule has 100 valence electrons. The summed E-state index contributed by atoms with van der Waals surface area (Å²) in [7, 11) is 0. The van der Waals surface area contributed by atoms with Crippen molar-refractivity contribution in [3.8, 4) is 0 Å². The molecule has 0 aromatic rings. The summed E-state index contributed by atoms with van der Waals surface area (Å²) < 4.78 is 0. The molecule has 0 aromatic heterocycles. The van der Waals surface area contributed by atoms with E-state index >= 15 is 0 Å². The zero-order valence-electron chi connectivity index (χ0n) is 11.9. The molecule has 1 N–H and O–H groups in total. The van der Waals surface area contributed by atoms with Crippen LogP contribution in [0.25, 0.3) is 5.73 Å². The van der Waals surface area contributed by atoms with Gasteiger partial charge in [-0.1, -0.05) is 46.5 Å². The fourth-order valence-electron chi connectivity index (χ4n) is 0.732. The Morgan fingerprint density at radius 2 is 1.53 bits per heavy atom. The van der Waals surface area contributed by atoms with Crippen LogP contribution in [0.5, 0.6) is 0 Å². The van der Waals surface area contributed by atoms with Gasteiger partial charge in [0.05, 0.1) is 0 Å². The Hall–Kier alpha value is 0.371. The molecule has 0 saturated heterocycles. The van der Waals surface area contributed by atoms with Crippen LogP contribution < -0.4 is 0 Å². The fraction of sp³-hybridized carbons (Fsp3) is 0.571. The van der Waals surface area contributed by atoms with Crippen LogP contribution in [-0.2, 0) is 21.7 Å². The molecule has 0 spiro atoms. The van der Waals surface area contributed by atoms with E-state index in [1.807, 2.05) is 26.8 Å². The van der Waals surface area contributed by atoms with Gasteiger partial charge in [0.1, 0.15) is 0 Å². The average molecular weight is 289 g/mol. The molecule has 1 nitrogen and oxygen atoms in total. The predicted molar refractivity (Wildman–Crippen MR) is 83.6 cm³/mol. The second-order valence-corrected chi connectivity index (χ2v) is 5.15. The number of nitrogens with one attached hydrogen (secondary N) is 1. The van der Waals surface area contributed by atoms with Crippen LogP contribution in [0.4, 0.5) is 0 Å². The number of hydrogen-bond donors (Lipinski definition) is 0. The van der Waals surface area contributed by atoms with Gasteiger partial charge in [0.2, 0.25) is 0 Å². The second kappa shape index (κ2) is 12.8. The van der Waals surface area contributed by atoms with Crippen LogP contribution in [0.2, 0.25) is 0 Å². The van der Waals surface area contributed by atoms with Gasteiger partial charge in [-0.3, -0.25) is 6.08 Å². The largest absolute Gasteiger partial charge is 4.00 e. The van der Waals surface area contributed by atoms with Gasteiger partial charge in [0, 0.05) is 0 Å². The molecule has 3 heteroatoms. The monoisotopic (exact) mass is 289 g/mol. The maximum absolute atomic E-state index is 6.94. The summed E-state index contributed by atoms with van der Waals surface area (Å²) in [6.45, 7) is 10.0. The summed E-state index contributed by atoms with van der Waals surface area (Å²) in [5, 5.41) is 0. The van der Waals surface area contributed by atoms with E-state index in [2.05, 4.69) is 32.1 Å². The third-order valence-electron chi connectivity index (χ3n) is 1.38. The minimum absolute atomic E-state index is 0. The van der Waals surface area contributed by atoms with Gasteiger partial charge in [-0.15, -0.1) is 5.54 Å². The minimum Gasteiger partial charge on any atom is -0.673 e. The maximum atomic E-state index is 6.94. The number of allylic oxidation sites excluding steroid dienone is 4. The molecule has 0 aromatic carbocycles. The summed E-state index contributed by atoms with van der Waals surface area (Å²) in [4.78, 5) is 0. The van der Waals surface area contributed by atoms with Gasteiger partial charge >= 0.3 is 21.7 Å². The minimum atomic E-state index is -0.250. The quantitative estimate of drug-likeness (QED) is 0.480. The molecule has 1 aliphatic carbocycles. The van der Waals surface area contributed by atoms with Crippen molar-refractivity contribution in [3.05, 3.63) is 44.9 Å². The molecule has 0 atom stereocenters. The smallest absolute Gasteiger partial charge is 0.673 e. The SMILES string of the molecule is CC(C)(C)[NH-].CC1(C)C=C[C-]=CC1.[CH3-].[CH3-].[SiH4].[Ti+4].